The molecule has 0 radical (unpaired) electrons. The summed E-state index contributed by atoms with van der Waals surface area (Å²) in [6.07, 6.45) is -58.9. The van der Waals surface area contributed by atoms with E-state index in [0.717, 1.165) is 6.92 Å². The monoisotopic (exact) mass is 1030 g/mol. The van der Waals surface area contributed by atoms with Gasteiger partial charge in [-0.2, -0.15) is 0 Å². The highest BCUT2D eigenvalue weighted by atomic mass is 16.8. The Labute approximate surface area is 394 Å². The number of aliphatic hydroxyl groups is 16. The lowest BCUT2D eigenvalue weighted by Crippen LogP contribution is -2.71. The number of aliphatic carboxylic acids is 1. The number of hydrogen-bond acceptors (Lipinski definition) is 30. The molecule has 32 heteroatoms. The standard InChI is InChI=1S/C38H61NO31/c1-7(43)39-13-28-17(47)10(4-42)61-33(13)68-29-26(56)35(59-5-11-16(46)19(49)24(54)36(64-11)70-31-21(51)15(45)9(3-41)63-38(31)67-28)65-12(6-60-34-23(53)18(48)14(44)8(2-40)62-34)27(29)66-37-25(55)20(50)22(52)30(69-37)32(57)58/h8-31,33-38,40-42,44-56H,2-6H2,1H3,(H,39,43)(H,57,58)/t8-,9-,10-,11-,12-,13-,14-,15-,16-,17+,18+,19+,20+,21+,22+,23-,24+,25-,26-,27+,28-,29-,30+,31+,33+,34-,35+,36-,37-,38-/m1/s1. The van der Waals surface area contributed by atoms with Crippen molar-refractivity contribution in [3.63, 3.8) is 0 Å². The number of hydrogen-bond donors (Lipinski definition) is 18. The van der Waals surface area contributed by atoms with Crippen molar-refractivity contribution in [2.75, 3.05) is 33.0 Å². The quantitative estimate of drug-likeness (QED) is 0.0966. The van der Waals surface area contributed by atoms with Crippen LogP contribution in [0.4, 0.5) is 0 Å². The number of carboxylic acid groups (broad SMARTS) is 1. The maximum Gasteiger partial charge on any atom is 0.335 e. The van der Waals surface area contributed by atoms with E-state index >= 15 is 0 Å². The van der Waals surface area contributed by atoms with Crippen LogP contribution in [0.1, 0.15) is 6.92 Å². The van der Waals surface area contributed by atoms with Crippen molar-refractivity contribution in [3.8, 4) is 0 Å². The van der Waals surface area contributed by atoms with Crippen LogP contribution in [0.5, 0.6) is 0 Å². The summed E-state index contributed by atoms with van der Waals surface area (Å²) in [6, 6.07) is -1.84. The lowest BCUT2D eigenvalue weighted by Gasteiger charge is -2.52. The SMILES string of the molecule is CC(=O)N[C@H]1[C@@H]2O[C@@H]3[C@@H](O)[C@@H](OC[C@H]4O[C@H](O[C@@H]5[C@@H](O[C@H]1[C@@H](O)[C@@H](CO)O2)O[C@H](CO)[C@@H](O)[C@@H]5O)[C@@H](O)[C@@H](O)[C@@H]4O)O[C@H](CO[C@@H]1O[C@H](CO)[C@@H](O)[C@H](O)[C@H]1O)[C@@H]3O[C@@H]1O[C@H](C(=O)O)[C@@H](O)[C@H](O)[C@H]1O. The maximum atomic E-state index is 12.9. The Balaban J connectivity index is 1.33. The maximum absolute atomic E-state index is 12.9. The first-order valence-corrected chi connectivity index (χ1v) is 22.1. The van der Waals surface area contributed by atoms with Crippen LogP contribution in [0.3, 0.4) is 0 Å². The number of carbonyl (C=O) groups is 2. The molecule has 18 N–H and O–H groups in total. The van der Waals surface area contributed by atoms with Crippen molar-refractivity contribution in [1.82, 2.24) is 5.32 Å². The molecule has 70 heavy (non-hydrogen) atoms. The molecule has 0 aromatic carbocycles. The van der Waals surface area contributed by atoms with Gasteiger partial charge in [0, 0.05) is 6.92 Å². The predicted molar refractivity (Wildman–Crippen MR) is 208 cm³/mol. The fourth-order valence-electron chi connectivity index (χ4n) is 9.07. The van der Waals surface area contributed by atoms with Crippen molar-refractivity contribution in [2.45, 2.75) is 191 Å². The van der Waals surface area contributed by atoms with Crippen LogP contribution < -0.4 is 5.32 Å². The second-order valence-corrected chi connectivity index (χ2v) is 17.7. The molecule has 32 nitrogen and oxygen atoms in total. The van der Waals surface area contributed by atoms with Gasteiger partial charge in [-0.05, 0) is 0 Å². The third kappa shape index (κ3) is 11.1. The average molecular weight is 1030 g/mol. The van der Waals surface area contributed by atoms with E-state index in [1.165, 1.54) is 0 Å². The second kappa shape index (κ2) is 23.2. The van der Waals surface area contributed by atoms with Gasteiger partial charge in [0.05, 0.1) is 33.0 Å². The Morgan fingerprint density at radius 1 is 0.486 bits per heavy atom. The van der Waals surface area contributed by atoms with E-state index in [0.29, 0.717) is 0 Å². The molecule has 1 amide bonds. The lowest BCUT2D eigenvalue weighted by atomic mass is 9.93. The number of nitrogens with one attached hydrogen (secondary N) is 1. The van der Waals surface area contributed by atoms with Gasteiger partial charge in [0.1, 0.15) is 140 Å². The van der Waals surface area contributed by atoms with E-state index in [1.807, 2.05) is 0 Å². The number of ether oxygens (including phenoxy) is 12. The van der Waals surface area contributed by atoms with Crippen LogP contribution in [0.25, 0.3) is 0 Å². The Hall–Kier alpha value is -2.18. The van der Waals surface area contributed by atoms with Crippen molar-refractivity contribution in [3.05, 3.63) is 0 Å². The Morgan fingerprint density at radius 3 is 1.67 bits per heavy atom. The van der Waals surface area contributed by atoms with E-state index < -0.39 is 229 Å². The molecule has 6 bridgehead atoms. The van der Waals surface area contributed by atoms with E-state index in [1.54, 1.807) is 0 Å². The molecule has 0 aromatic heterocycles. The first kappa shape index (κ1) is 55.6. The molecule has 0 saturated carbocycles. The number of fused-ring (bicyclic) bond motifs is 7. The molecular weight excluding hydrogens is 966 g/mol. The van der Waals surface area contributed by atoms with Gasteiger partial charge < -0.3 is 149 Å². The normalized spacial score (nSPS) is 52.5. The Morgan fingerprint density at radius 2 is 1.03 bits per heavy atom. The molecule has 0 aromatic rings. The summed E-state index contributed by atoms with van der Waals surface area (Å²) < 4.78 is 70.2. The zero-order valence-corrected chi connectivity index (χ0v) is 36.7. The molecule has 7 rings (SSSR count). The van der Waals surface area contributed by atoms with Gasteiger partial charge in [-0.25, -0.2) is 4.79 Å². The fraction of sp³-hybridized carbons (Fsp3) is 0.947. The molecule has 7 heterocycles. The number of amides is 1. The van der Waals surface area contributed by atoms with Crippen LogP contribution in [-0.4, -0.2) is 316 Å². The largest absolute Gasteiger partial charge is 0.479 e. The van der Waals surface area contributed by atoms with Gasteiger partial charge in [-0.15, -0.1) is 0 Å². The fourth-order valence-corrected chi connectivity index (χ4v) is 9.07. The minimum Gasteiger partial charge on any atom is -0.479 e. The Kier molecular flexibility index (Phi) is 18.4. The van der Waals surface area contributed by atoms with Gasteiger partial charge in [0.25, 0.3) is 0 Å². The van der Waals surface area contributed by atoms with E-state index in [-0.39, 0.29) is 0 Å². The summed E-state index contributed by atoms with van der Waals surface area (Å²) in [4.78, 5) is 25.0. The van der Waals surface area contributed by atoms with Crippen molar-refractivity contribution < 1.29 is 153 Å². The Bertz CT molecular complexity index is 1720. The number of carbonyl (C=O) groups excluding carboxylic acids is 1. The van der Waals surface area contributed by atoms with Gasteiger partial charge in [0.2, 0.25) is 5.91 Å². The average Bonchev–Trinajstić information content (AvgIpc) is 3.32. The highest BCUT2D eigenvalue weighted by Crippen LogP contribution is 2.38. The number of carboxylic acids is 1. The van der Waals surface area contributed by atoms with E-state index in [4.69, 9.17) is 56.8 Å². The van der Waals surface area contributed by atoms with Crippen LogP contribution in [0, 0.1) is 0 Å². The zero-order chi connectivity index (χ0) is 51.2. The van der Waals surface area contributed by atoms with Crippen LogP contribution >= 0.6 is 0 Å². The van der Waals surface area contributed by atoms with Gasteiger partial charge >= 0.3 is 5.97 Å². The van der Waals surface area contributed by atoms with Crippen LogP contribution in [-0.2, 0) is 66.4 Å². The van der Waals surface area contributed by atoms with Crippen LogP contribution in [0.15, 0.2) is 0 Å². The molecule has 7 saturated heterocycles. The number of rotatable bonds is 10. The first-order chi connectivity index (χ1) is 33.1. The number of aliphatic hydroxyl groups excluding tert-OH is 16. The summed E-state index contributed by atoms with van der Waals surface area (Å²) in [5, 5.41) is 185. The molecule has 0 spiro atoms. The predicted octanol–water partition coefficient (Wildman–Crippen LogP) is -12.8. The summed E-state index contributed by atoms with van der Waals surface area (Å²) in [6.45, 7) is -3.83. The topological polar surface area (TPSA) is 501 Å². The third-order valence-electron chi connectivity index (χ3n) is 13.0. The highest BCUT2D eigenvalue weighted by Gasteiger charge is 2.59. The van der Waals surface area contributed by atoms with E-state index in [2.05, 4.69) is 5.32 Å². The first-order valence-electron chi connectivity index (χ1n) is 22.1. The molecule has 7 aliphatic heterocycles. The lowest BCUT2D eigenvalue weighted by molar-refractivity contribution is -0.404. The summed E-state index contributed by atoms with van der Waals surface area (Å²) in [5.41, 5.74) is 0. The molecule has 30 atom stereocenters. The third-order valence-corrected chi connectivity index (χ3v) is 13.0. The van der Waals surface area contributed by atoms with Crippen molar-refractivity contribution >= 4 is 11.9 Å². The van der Waals surface area contributed by atoms with Crippen molar-refractivity contribution in [1.29, 1.82) is 0 Å². The van der Waals surface area contributed by atoms with Crippen LogP contribution in [0.2, 0.25) is 0 Å². The molecular formula is C38H61NO31. The smallest absolute Gasteiger partial charge is 0.335 e. The molecule has 7 aliphatic rings. The van der Waals surface area contributed by atoms with Gasteiger partial charge in [-0.3, -0.25) is 4.79 Å². The van der Waals surface area contributed by atoms with Gasteiger partial charge in [-0.1, -0.05) is 0 Å². The molecule has 0 aliphatic carbocycles. The summed E-state index contributed by atoms with van der Waals surface area (Å²) in [5.74, 6) is -2.75. The summed E-state index contributed by atoms with van der Waals surface area (Å²) in [7, 11) is 0. The molecule has 404 valence electrons. The van der Waals surface area contributed by atoms with Gasteiger partial charge in [0.15, 0.2) is 43.8 Å². The highest BCUT2D eigenvalue weighted by molar-refractivity contribution is 5.73. The molecule has 7 fully saturated rings. The minimum absolute atomic E-state index is 0.892. The van der Waals surface area contributed by atoms with Crippen molar-refractivity contribution in [2.24, 2.45) is 0 Å². The van der Waals surface area contributed by atoms with E-state index in [9.17, 15) is 96.4 Å². The molecule has 0 unspecified atom stereocenters. The zero-order valence-electron chi connectivity index (χ0n) is 36.7. The second-order valence-electron chi connectivity index (χ2n) is 17.7. The minimum atomic E-state index is -2.30. The summed E-state index contributed by atoms with van der Waals surface area (Å²) >= 11 is 0.